The minimum absolute atomic E-state index is 0.120. The van der Waals surface area contributed by atoms with Crippen LogP contribution in [0.15, 0.2) is 18.2 Å². The van der Waals surface area contributed by atoms with Crippen molar-refractivity contribution in [1.82, 2.24) is 0 Å². The van der Waals surface area contributed by atoms with Crippen molar-refractivity contribution in [2.24, 2.45) is 10.6 Å². The lowest BCUT2D eigenvalue weighted by Gasteiger charge is -2.36. The molecule has 1 heterocycles. The number of ether oxygens (including phenoxy) is 2. The van der Waals surface area contributed by atoms with Crippen LogP contribution in [-0.2, 0) is 14.8 Å². The van der Waals surface area contributed by atoms with Crippen LogP contribution >= 0.6 is 23.2 Å². The maximum atomic E-state index is 11.5. The minimum Gasteiger partial charge on any atom is -0.493 e. The SMILES string of the molecule is NS(=O)(=O)CC1(COc2ccc(Cl)c(Cl)c2)CCOCC1. The molecule has 5 nitrogen and oxygen atoms in total. The summed E-state index contributed by atoms with van der Waals surface area (Å²) in [5, 5.41) is 6.03. The molecule has 1 aliphatic rings. The second-order valence-corrected chi connectivity index (χ2v) is 7.71. The molecule has 1 saturated heterocycles. The van der Waals surface area contributed by atoms with E-state index in [2.05, 4.69) is 0 Å². The summed E-state index contributed by atoms with van der Waals surface area (Å²) in [6, 6.07) is 4.93. The molecule has 0 saturated carbocycles. The monoisotopic (exact) mass is 353 g/mol. The summed E-state index contributed by atoms with van der Waals surface area (Å²) in [5.41, 5.74) is -0.530. The van der Waals surface area contributed by atoms with E-state index in [1.165, 1.54) is 0 Å². The van der Waals surface area contributed by atoms with Crippen LogP contribution in [0.3, 0.4) is 0 Å². The summed E-state index contributed by atoms with van der Waals surface area (Å²) < 4.78 is 33.9. The van der Waals surface area contributed by atoms with Crippen molar-refractivity contribution in [2.75, 3.05) is 25.6 Å². The standard InChI is InChI=1S/C13H17Cl2NO4S/c14-11-2-1-10(7-12(11)15)20-8-13(9-21(16,17)18)3-5-19-6-4-13/h1-2,7H,3-6,8-9H2,(H2,16,17,18). The predicted molar refractivity (Wildman–Crippen MR) is 82.4 cm³/mol. The molecule has 0 radical (unpaired) electrons. The van der Waals surface area contributed by atoms with E-state index in [9.17, 15) is 8.42 Å². The van der Waals surface area contributed by atoms with Gasteiger partial charge in [-0.25, -0.2) is 13.6 Å². The van der Waals surface area contributed by atoms with Gasteiger partial charge >= 0.3 is 0 Å². The maximum absolute atomic E-state index is 11.5. The number of sulfonamides is 1. The molecule has 2 N–H and O–H groups in total. The van der Waals surface area contributed by atoms with Crippen LogP contribution in [0.2, 0.25) is 10.0 Å². The van der Waals surface area contributed by atoms with Crippen molar-refractivity contribution in [1.29, 1.82) is 0 Å². The van der Waals surface area contributed by atoms with Gasteiger partial charge in [-0.2, -0.15) is 0 Å². The Bertz CT molecular complexity index is 600. The van der Waals surface area contributed by atoms with Crippen LogP contribution in [0.4, 0.5) is 0 Å². The first-order valence-corrected chi connectivity index (χ1v) is 8.93. The molecule has 0 spiro atoms. The Balaban J connectivity index is 2.10. The first-order chi connectivity index (χ1) is 9.80. The van der Waals surface area contributed by atoms with Crippen molar-refractivity contribution in [3.8, 4) is 5.75 Å². The Labute approximate surface area is 134 Å². The fourth-order valence-corrected chi connectivity index (χ4v) is 3.88. The summed E-state index contributed by atoms with van der Waals surface area (Å²) in [6.07, 6.45) is 1.18. The molecule has 118 valence electrons. The second kappa shape index (κ2) is 6.71. The van der Waals surface area contributed by atoms with E-state index in [4.69, 9.17) is 37.8 Å². The molecule has 0 amide bonds. The van der Waals surface area contributed by atoms with Gasteiger partial charge in [0.15, 0.2) is 0 Å². The van der Waals surface area contributed by atoms with Crippen LogP contribution in [0.5, 0.6) is 5.75 Å². The molecule has 1 aliphatic heterocycles. The zero-order valence-corrected chi connectivity index (χ0v) is 13.7. The average Bonchev–Trinajstić information content (AvgIpc) is 2.39. The van der Waals surface area contributed by atoms with Gasteiger partial charge in [0.1, 0.15) is 5.75 Å². The maximum Gasteiger partial charge on any atom is 0.209 e. The molecule has 0 bridgehead atoms. The molecule has 0 aromatic heterocycles. The van der Waals surface area contributed by atoms with Crippen LogP contribution < -0.4 is 9.88 Å². The van der Waals surface area contributed by atoms with Crippen LogP contribution in [0.1, 0.15) is 12.8 Å². The molecule has 0 aliphatic carbocycles. The Kier molecular flexibility index (Phi) is 5.38. The highest BCUT2D eigenvalue weighted by Gasteiger charge is 2.37. The quantitative estimate of drug-likeness (QED) is 0.881. The third-order valence-electron chi connectivity index (χ3n) is 3.50. The van der Waals surface area contributed by atoms with Crippen LogP contribution in [0.25, 0.3) is 0 Å². The third-order valence-corrected chi connectivity index (χ3v) is 5.25. The normalized spacial score (nSPS) is 18.4. The van der Waals surface area contributed by atoms with E-state index < -0.39 is 15.4 Å². The molecule has 1 aromatic rings. The Morgan fingerprint density at radius 3 is 2.48 bits per heavy atom. The van der Waals surface area contributed by atoms with Gasteiger partial charge in [-0.05, 0) is 25.0 Å². The summed E-state index contributed by atoms with van der Waals surface area (Å²) in [5.74, 6) is 0.426. The van der Waals surface area contributed by atoms with E-state index in [0.29, 0.717) is 41.9 Å². The number of hydrogen-bond acceptors (Lipinski definition) is 4. The number of primary sulfonamides is 1. The van der Waals surface area contributed by atoms with E-state index >= 15 is 0 Å². The average molecular weight is 354 g/mol. The van der Waals surface area contributed by atoms with Crippen molar-refractivity contribution < 1.29 is 17.9 Å². The van der Waals surface area contributed by atoms with E-state index in [0.717, 1.165) is 0 Å². The lowest BCUT2D eigenvalue weighted by Crippen LogP contribution is -2.42. The van der Waals surface area contributed by atoms with Crippen molar-refractivity contribution in [3.05, 3.63) is 28.2 Å². The van der Waals surface area contributed by atoms with Crippen molar-refractivity contribution >= 4 is 33.2 Å². The second-order valence-electron chi connectivity index (χ2n) is 5.28. The zero-order chi connectivity index (χ0) is 15.5. The van der Waals surface area contributed by atoms with Crippen molar-refractivity contribution in [3.63, 3.8) is 0 Å². The highest BCUT2D eigenvalue weighted by atomic mass is 35.5. The summed E-state index contributed by atoms with van der Waals surface area (Å²) in [7, 11) is -3.58. The number of halogens is 2. The Morgan fingerprint density at radius 2 is 1.90 bits per heavy atom. The van der Waals surface area contributed by atoms with Gasteiger partial charge < -0.3 is 9.47 Å². The highest BCUT2D eigenvalue weighted by molar-refractivity contribution is 7.89. The minimum atomic E-state index is -3.58. The highest BCUT2D eigenvalue weighted by Crippen LogP contribution is 2.33. The lowest BCUT2D eigenvalue weighted by atomic mass is 9.83. The predicted octanol–water partition coefficient (Wildman–Crippen LogP) is 2.46. The number of rotatable bonds is 5. The molecule has 1 aromatic carbocycles. The first-order valence-electron chi connectivity index (χ1n) is 6.46. The molecule has 2 rings (SSSR count). The summed E-state index contributed by atoms with van der Waals surface area (Å²) in [6.45, 7) is 1.24. The zero-order valence-electron chi connectivity index (χ0n) is 11.3. The van der Waals surface area contributed by atoms with Gasteiger partial charge in [0, 0.05) is 24.7 Å². The summed E-state index contributed by atoms with van der Waals surface area (Å²) >= 11 is 11.8. The van der Waals surface area contributed by atoms with E-state index in [1.54, 1.807) is 18.2 Å². The van der Waals surface area contributed by atoms with Crippen LogP contribution in [0, 0.1) is 5.41 Å². The van der Waals surface area contributed by atoms with Gasteiger partial charge in [-0.1, -0.05) is 23.2 Å². The van der Waals surface area contributed by atoms with Gasteiger partial charge in [0.2, 0.25) is 10.0 Å². The van der Waals surface area contributed by atoms with Gasteiger partial charge in [0.05, 0.1) is 22.4 Å². The Morgan fingerprint density at radius 1 is 1.24 bits per heavy atom. The van der Waals surface area contributed by atoms with Gasteiger partial charge in [-0.15, -0.1) is 0 Å². The largest absolute Gasteiger partial charge is 0.493 e. The molecular formula is C13H17Cl2NO4S. The Hall–Kier alpha value is -0.530. The lowest BCUT2D eigenvalue weighted by molar-refractivity contribution is 0.00210. The third kappa shape index (κ3) is 5.00. The number of hydrogen-bond donors (Lipinski definition) is 1. The fourth-order valence-electron chi connectivity index (χ4n) is 2.36. The molecule has 0 atom stereocenters. The van der Waals surface area contributed by atoms with E-state index in [-0.39, 0.29) is 12.4 Å². The van der Waals surface area contributed by atoms with Crippen molar-refractivity contribution in [2.45, 2.75) is 12.8 Å². The molecule has 21 heavy (non-hydrogen) atoms. The molecule has 8 heteroatoms. The number of benzene rings is 1. The van der Waals surface area contributed by atoms with Gasteiger partial charge in [0.25, 0.3) is 0 Å². The molecule has 0 unspecified atom stereocenters. The number of nitrogens with two attached hydrogens (primary N) is 1. The van der Waals surface area contributed by atoms with E-state index in [1.807, 2.05) is 0 Å². The first kappa shape index (κ1) is 16.8. The molecular weight excluding hydrogens is 337 g/mol. The molecule has 1 fully saturated rings. The summed E-state index contributed by atoms with van der Waals surface area (Å²) in [4.78, 5) is 0. The topological polar surface area (TPSA) is 78.6 Å². The smallest absolute Gasteiger partial charge is 0.209 e. The fraction of sp³-hybridized carbons (Fsp3) is 0.538. The van der Waals surface area contributed by atoms with Crippen LogP contribution in [-0.4, -0.2) is 34.0 Å². The van der Waals surface area contributed by atoms with Gasteiger partial charge in [-0.3, -0.25) is 0 Å².